The molecule has 0 bridgehead atoms. The lowest BCUT2D eigenvalue weighted by Gasteiger charge is -2.13. The van der Waals surface area contributed by atoms with Gasteiger partial charge in [-0.1, -0.05) is 12.1 Å². The lowest BCUT2D eigenvalue weighted by atomic mass is 10.1. The van der Waals surface area contributed by atoms with E-state index in [9.17, 15) is 18.8 Å². The molecule has 0 aliphatic carbocycles. The summed E-state index contributed by atoms with van der Waals surface area (Å²) in [6.07, 6.45) is 0.890. The lowest BCUT2D eigenvalue weighted by molar-refractivity contribution is -0.116. The van der Waals surface area contributed by atoms with E-state index in [1.165, 1.54) is 6.07 Å². The molecule has 0 fully saturated rings. The number of hydrogen-bond acceptors (Lipinski definition) is 4. The van der Waals surface area contributed by atoms with Crippen LogP contribution in [-0.2, 0) is 4.79 Å². The van der Waals surface area contributed by atoms with Crippen LogP contribution in [0.2, 0.25) is 0 Å². The molecule has 1 aliphatic heterocycles. The zero-order valence-corrected chi connectivity index (χ0v) is 13.8. The third-order valence-electron chi connectivity index (χ3n) is 3.51. The number of amides is 3. The molecule has 1 aromatic heterocycles. The Morgan fingerprint density at radius 1 is 1.21 bits per heavy atom. The second kappa shape index (κ2) is 6.48. The molecule has 0 unspecified atom stereocenters. The van der Waals surface area contributed by atoms with Gasteiger partial charge < -0.3 is 5.32 Å². The Labute approximate surface area is 144 Å². The van der Waals surface area contributed by atoms with E-state index in [1.807, 2.05) is 0 Å². The molecule has 3 rings (SSSR count). The number of imide groups is 1. The van der Waals surface area contributed by atoms with Gasteiger partial charge in [0, 0.05) is 13.0 Å². The number of carbonyl (C=O) groups is 3. The maximum absolute atomic E-state index is 13.0. The SMILES string of the molecule is O=C(CCN1C(=O)c2ccccc2C1=O)Nc1ncc(F)cc1Br. The summed E-state index contributed by atoms with van der Waals surface area (Å²) in [5, 5.41) is 2.50. The first-order valence-corrected chi connectivity index (χ1v) is 7.83. The fourth-order valence-corrected chi connectivity index (χ4v) is 2.78. The number of benzene rings is 1. The van der Waals surface area contributed by atoms with Crippen molar-refractivity contribution in [2.75, 3.05) is 11.9 Å². The number of aromatic nitrogens is 1. The van der Waals surface area contributed by atoms with Crippen molar-refractivity contribution in [2.45, 2.75) is 6.42 Å². The number of halogens is 2. The highest BCUT2D eigenvalue weighted by Gasteiger charge is 2.34. The maximum atomic E-state index is 13.0. The number of anilines is 1. The average molecular weight is 392 g/mol. The van der Waals surface area contributed by atoms with E-state index in [1.54, 1.807) is 24.3 Å². The second-order valence-corrected chi connectivity index (χ2v) is 5.94. The number of fused-ring (bicyclic) bond motifs is 1. The van der Waals surface area contributed by atoms with Crippen molar-refractivity contribution >= 4 is 39.5 Å². The fraction of sp³-hybridized carbons (Fsp3) is 0.125. The summed E-state index contributed by atoms with van der Waals surface area (Å²) in [6.45, 7) is -0.0446. The van der Waals surface area contributed by atoms with Crippen LogP contribution in [0.4, 0.5) is 10.2 Å². The highest BCUT2D eigenvalue weighted by atomic mass is 79.9. The van der Waals surface area contributed by atoms with Gasteiger partial charge in [0.2, 0.25) is 5.91 Å². The van der Waals surface area contributed by atoms with Crippen LogP contribution in [0.25, 0.3) is 0 Å². The third-order valence-corrected chi connectivity index (χ3v) is 4.11. The number of nitrogens with one attached hydrogen (secondary N) is 1. The smallest absolute Gasteiger partial charge is 0.261 e. The zero-order chi connectivity index (χ0) is 17.3. The molecule has 24 heavy (non-hydrogen) atoms. The minimum absolute atomic E-state index is 0.0446. The minimum Gasteiger partial charge on any atom is -0.310 e. The first-order valence-electron chi connectivity index (χ1n) is 7.03. The van der Waals surface area contributed by atoms with Crippen LogP contribution in [0.15, 0.2) is 41.0 Å². The molecule has 3 amide bonds. The van der Waals surface area contributed by atoms with E-state index >= 15 is 0 Å². The highest BCUT2D eigenvalue weighted by Crippen LogP contribution is 2.23. The summed E-state index contributed by atoms with van der Waals surface area (Å²) in [7, 11) is 0. The van der Waals surface area contributed by atoms with E-state index in [0.29, 0.717) is 15.6 Å². The van der Waals surface area contributed by atoms with E-state index in [2.05, 4.69) is 26.2 Å². The Kier molecular flexibility index (Phi) is 4.39. The first kappa shape index (κ1) is 16.3. The van der Waals surface area contributed by atoms with Crippen LogP contribution in [-0.4, -0.2) is 34.2 Å². The monoisotopic (exact) mass is 391 g/mol. The minimum atomic E-state index is -0.536. The van der Waals surface area contributed by atoms with E-state index in [-0.39, 0.29) is 18.8 Å². The van der Waals surface area contributed by atoms with Crippen molar-refractivity contribution in [3.8, 4) is 0 Å². The summed E-state index contributed by atoms with van der Waals surface area (Å²) in [4.78, 5) is 41.1. The molecule has 0 saturated heterocycles. The lowest BCUT2D eigenvalue weighted by Crippen LogP contribution is -2.33. The summed E-state index contributed by atoms with van der Waals surface area (Å²) in [5.74, 6) is -1.63. The molecule has 1 N–H and O–H groups in total. The van der Waals surface area contributed by atoms with Gasteiger partial charge in [-0.2, -0.15) is 0 Å². The molecule has 1 aliphatic rings. The fourth-order valence-electron chi connectivity index (χ4n) is 2.36. The number of nitrogens with zero attached hydrogens (tertiary/aromatic N) is 2. The van der Waals surface area contributed by atoms with Crippen LogP contribution < -0.4 is 5.32 Å². The number of carbonyl (C=O) groups excluding carboxylic acids is 3. The standard InChI is InChI=1S/C16H11BrFN3O3/c17-12-7-9(18)8-19-14(12)20-13(22)5-6-21-15(23)10-3-1-2-4-11(10)16(21)24/h1-4,7-8H,5-6H2,(H,19,20,22). The number of hydrogen-bond donors (Lipinski definition) is 1. The summed E-state index contributed by atoms with van der Waals surface area (Å²) in [5.41, 5.74) is 0.678. The van der Waals surface area contributed by atoms with Gasteiger partial charge in [-0.15, -0.1) is 0 Å². The Balaban J connectivity index is 1.63. The molecule has 6 nitrogen and oxygen atoms in total. The topological polar surface area (TPSA) is 79.4 Å². The highest BCUT2D eigenvalue weighted by molar-refractivity contribution is 9.10. The van der Waals surface area contributed by atoms with Gasteiger partial charge in [-0.3, -0.25) is 19.3 Å². The molecule has 122 valence electrons. The molecule has 0 spiro atoms. The third kappa shape index (κ3) is 3.05. The van der Waals surface area contributed by atoms with Crippen LogP contribution in [0.5, 0.6) is 0 Å². The van der Waals surface area contributed by atoms with Crippen LogP contribution in [0.1, 0.15) is 27.1 Å². The largest absolute Gasteiger partial charge is 0.310 e. The van der Waals surface area contributed by atoms with Crippen molar-refractivity contribution in [3.63, 3.8) is 0 Å². The molecule has 2 aromatic rings. The van der Waals surface area contributed by atoms with Gasteiger partial charge in [0.05, 0.1) is 21.8 Å². The zero-order valence-electron chi connectivity index (χ0n) is 12.3. The number of rotatable bonds is 4. The van der Waals surface area contributed by atoms with Crippen LogP contribution in [0.3, 0.4) is 0 Å². The van der Waals surface area contributed by atoms with Crippen molar-refractivity contribution in [1.82, 2.24) is 9.88 Å². The van der Waals surface area contributed by atoms with E-state index in [4.69, 9.17) is 0 Å². The molecule has 8 heteroatoms. The maximum Gasteiger partial charge on any atom is 0.261 e. The van der Waals surface area contributed by atoms with Crippen LogP contribution in [0, 0.1) is 5.82 Å². The molecule has 0 atom stereocenters. The van der Waals surface area contributed by atoms with Crippen molar-refractivity contribution in [3.05, 3.63) is 57.9 Å². The predicted molar refractivity (Wildman–Crippen MR) is 87.0 cm³/mol. The molecule has 0 saturated carbocycles. The number of pyridine rings is 1. The Bertz CT molecular complexity index is 821. The normalized spacial score (nSPS) is 13.2. The Morgan fingerprint density at radius 2 is 1.83 bits per heavy atom. The van der Waals surface area contributed by atoms with Crippen molar-refractivity contribution < 1.29 is 18.8 Å². The molecular formula is C16H11BrFN3O3. The summed E-state index contributed by atoms with van der Waals surface area (Å²) < 4.78 is 13.3. The molecule has 0 radical (unpaired) electrons. The quantitative estimate of drug-likeness (QED) is 0.812. The van der Waals surface area contributed by atoms with Gasteiger partial charge in [-0.05, 0) is 34.1 Å². The van der Waals surface area contributed by atoms with Gasteiger partial charge in [0.1, 0.15) is 11.6 Å². The molecule has 2 heterocycles. The first-order chi connectivity index (χ1) is 11.5. The second-order valence-electron chi connectivity index (χ2n) is 5.09. The van der Waals surface area contributed by atoms with Gasteiger partial charge in [0.25, 0.3) is 11.8 Å². The molecule has 1 aromatic carbocycles. The average Bonchev–Trinajstić information content (AvgIpc) is 2.80. The molecular weight excluding hydrogens is 381 g/mol. The van der Waals surface area contributed by atoms with E-state index < -0.39 is 23.5 Å². The summed E-state index contributed by atoms with van der Waals surface area (Å²) >= 11 is 3.10. The van der Waals surface area contributed by atoms with Gasteiger partial charge >= 0.3 is 0 Å². The Morgan fingerprint density at radius 3 is 2.42 bits per heavy atom. The van der Waals surface area contributed by atoms with Gasteiger partial charge in [-0.25, -0.2) is 9.37 Å². The predicted octanol–water partition coefficient (Wildman–Crippen LogP) is 2.61. The van der Waals surface area contributed by atoms with Crippen molar-refractivity contribution in [2.24, 2.45) is 0 Å². The van der Waals surface area contributed by atoms with Crippen LogP contribution >= 0.6 is 15.9 Å². The van der Waals surface area contributed by atoms with Gasteiger partial charge in [0.15, 0.2) is 0 Å². The Hall–Kier alpha value is -2.61. The van der Waals surface area contributed by atoms with Crippen molar-refractivity contribution in [1.29, 1.82) is 0 Å². The summed E-state index contributed by atoms with van der Waals surface area (Å²) in [6, 6.07) is 7.69. The van der Waals surface area contributed by atoms with E-state index in [0.717, 1.165) is 11.1 Å².